The summed E-state index contributed by atoms with van der Waals surface area (Å²) in [6.45, 7) is 7.62. The van der Waals surface area contributed by atoms with Crippen LogP contribution in [0.4, 0.5) is 5.82 Å². The lowest BCUT2D eigenvalue weighted by atomic mass is 10.1. The van der Waals surface area contributed by atoms with Crippen LogP contribution in [0.2, 0.25) is 0 Å². The molecule has 3 rings (SSSR count). The molecule has 2 aromatic heterocycles. The fourth-order valence-corrected chi connectivity index (χ4v) is 2.80. The molecule has 2 heterocycles. The van der Waals surface area contributed by atoms with Crippen LogP contribution in [0.3, 0.4) is 0 Å². The van der Waals surface area contributed by atoms with Gasteiger partial charge in [0.05, 0.1) is 12.0 Å². The van der Waals surface area contributed by atoms with Gasteiger partial charge in [0.25, 0.3) is 0 Å². The predicted octanol–water partition coefficient (Wildman–Crippen LogP) is 4.19. The van der Waals surface area contributed by atoms with Crippen LogP contribution in [0.5, 0.6) is 0 Å². The predicted molar refractivity (Wildman–Crippen MR) is 95.7 cm³/mol. The van der Waals surface area contributed by atoms with Crippen molar-refractivity contribution in [3.8, 4) is 0 Å². The molecule has 1 N–H and O–H groups in total. The second-order valence-electron chi connectivity index (χ2n) is 5.83. The maximum atomic E-state index is 12.4. The van der Waals surface area contributed by atoms with Crippen LogP contribution >= 0.6 is 0 Å². The van der Waals surface area contributed by atoms with Gasteiger partial charge >= 0.3 is 5.97 Å². The first-order chi connectivity index (χ1) is 12.0. The lowest BCUT2D eigenvalue weighted by Crippen LogP contribution is -2.11. The number of aromatic nitrogens is 2. The second-order valence-corrected chi connectivity index (χ2v) is 5.83. The highest BCUT2D eigenvalue weighted by Crippen LogP contribution is 2.32. The van der Waals surface area contributed by atoms with Crippen molar-refractivity contribution in [2.45, 2.75) is 33.7 Å². The summed E-state index contributed by atoms with van der Waals surface area (Å²) in [6, 6.07) is 10.0. The van der Waals surface area contributed by atoms with E-state index >= 15 is 0 Å². The van der Waals surface area contributed by atoms with Crippen molar-refractivity contribution in [1.82, 2.24) is 9.97 Å². The molecule has 0 spiro atoms. The number of ether oxygens (including phenoxy) is 1. The minimum absolute atomic E-state index is 0.00366. The number of fused-ring (bicyclic) bond motifs is 1. The highest BCUT2D eigenvalue weighted by atomic mass is 16.5. The second kappa shape index (κ2) is 6.93. The first-order valence-electron chi connectivity index (χ1n) is 8.27. The minimum Gasteiger partial charge on any atom is -0.462 e. The maximum Gasteiger partial charge on any atom is 0.342 e. The van der Waals surface area contributed by atoms with Crippen LogP contribution < -0.4 is 5.32 Å². The number of aryl methyl sites for hydroxylation is 2. The van der Waals surface area contributed by atoms with Gasteiger partial charge in [-0.3, -0.25) is 0 Å². The van der Waals surface area contributed by atoms with Gasteiger partial charge in [-0.25, -0.2) is 9.78 Å². The molecule has 3 aromatic rings. The molecule has 0 aliphatic heterocycles. The largest absolute Gasteiger partial charge is 0.462 e. The number of furan rings is 1. The van der Waals surface area contributed by atoms with Gasteiger partial charge in [0.1, 0.15) is 23.0 Å². The van der Waals surface area contributed by atoms with E-state index in [4.69, 9.17) is 9.15 Å². The molecule has 0 aliphatic rings. The van der Waals surface area contributed by atoms with Crippen molar-refractivity contribution in [1.29, 1.82) is 0 Å². The number of carbonyl (C=O) groups excluding carboxylic acids is 1. The van der Waals surface area contributed by atoms with Crippen molar-refractivity contribution >= 4 is 22.9 Å². The van der Waals surface area contributed by atoms with E-state index in [1.165, 1.54) is 0 Å². The van der Waals surface area contributed by atoms with E-state index in [9.17, 15) is 4.79 Å². The van der Waals surface area contributed by atoms with E-state index in [-0.39, 0.29) is 6.04 Å². The van der Waals surface area contributed by atoms with Crippen molar-refractivity contribution in [3.05, 3.63) is 53.0 Å². The molecular formula is C19H21N3O3. The van der Waals surface area contributed by atoms with E-state index < -0.39 is 5.97 Å². The van der Waals surface area contributed by atoms with Gasteiger partial charge in [-0.1, -0.05) is 30.3 Å². The molecule has 0 radical (unpaired) electrons. The molecule has 6 heteroatoms. The SMILES string of the molecule is CCOC(=O)c1c(C)oc2nc(C)nc(N[C@H](C)c3ccccc3)c12. The van der Waals surface area contributed by atoms with E-state index in [2.05, 4.69) is 15.3 Å². The molecule has 0 amide bonds. The molecule has 1 atom stereocenters. The minimum atomic E-state index is -0.429. The number of anilines is 1. The Hall–Kier alpha value is -2.89. The topological polar surface area (TPSA) is 77.2 Å². The van der Waals surface area contributed by atoms with Gasteiger partial charge in [-0.05, 0) is 33.3 Å². The summed E-state index contributed by atoms with van der Waals surface area (Å²) in [4.78, 5) is 21.2. The number of hydrogen-bond donors (Lipinski definition) is 1. The van der Waals surface area contributed by atoms with Crippen molar-refractivity contribution < 1.29 is 13.9 Å². The van der Waals surface area contributed by atoms with Crippen LogP contribution in [0.25, 0.3) is 11.1 Å². The lowest BCUT2D eigenvalue weighted by Gasteiger charge is -2.16. The van der Waals surface area contributed by atoms with Crippen LogP contribution in [-0.4, -0.2) is 22.5 Å². The molecule has 0 saturated carbocycles. The van der Waals surface area contributed by atoms with Crippen LogP contribution in [0, 0.1) is 13.8 Å². The summed E-state index contributed by atoms with van der Waals surface area (Å²) in [6.07, 6.45) is 0. The smallest absolute Gasteiger partial charge is 0.342 e. The Kier molecular flexibility index (Phi) is 4.70. The highest BCUT2D eigenvalue weighted by Gasteiger charge is 2.25. The highest BCUT2D eigenvalue weighted by molar-refractivity contribution is 6.07. The van der Waals surface area contributed by atoms with Gasteiger partial charge < -0.3 is 14.5 Å². The number of nitrogens with one attached hydrogen (secondary N) is 1. The third-order valence-electron chi connectivity index (χ3n) is 3.97. The van der Waals surface area contributed by atoms with Gasteiger partial charge in [-0.15, -0.1) is 0 Å². The first kappa shape index (κ1) is 17.0. The van der Waals surface area contributed by atoms with Gasteiger partial charge in [-0.2, -0.15) is 4.98 Å². The van der Waals surface area contributed by atoms with Crippen molar-refractivity contribution in [2.24, 2.45) is 0 Å². The average Bonchev–Trinajstić information content (AvgIpc) is 2.91. The molecule has 25 heavy (non-hydrogen) atoms. The number of rotatable bonds is 5. The van der Waals surface area contributed by atoms with E-state index in [1.54, 1.807) is 20.8 Å². The summed E-state index contributed by atoms with van der Waals surface area (Å²) in [5.74, 6) is 1.18. The average molecular weight is 339 g/mol. The maximum absolute atomic E-state index is 12.4. The summed E-state index contributed by atoms with van der Waals surface area (Å²) >= 11 is 0. The normalized spacial score (nSPS) is 12.2. The van der Waals surface area contributed by atoms with Crippen LogP contribution in [0.15, 0.2) is 34.7 Å². The Morgan fingerprint density at radius 3 is 2.64 bits per heavy atom. The molecule has 0 unspecified atom stereocenters. The van der Waals surface area contributed by atoms with Crippen molar-refractivity contribution in [3.63, 3.8) is 0 Å². The van der Waals surface area contributed by atoms with Crippen molar-refractivity contribution in [2.75, 3.05) is 11.9 Å². The molecule has 0 bridgehead atoms. The number of nitrogens with zero attached hydrogens (tertiary/aromatic N) is 2. The quantitative estimate of drug-likeness (QED) is 0.702. The van der Waals surface area contributed by atoms with Crippen LogP contribution in [0.1, 0.15) is 47.4 Å². The number of esters is 1. The van der Waals surface area contributed by atoms with E-state index in [0.717, 1.165) is 5.56 Å². The zero-order valence-corrected chi connectivity index (χ0v) is 14.8. The first-order valence-corrected chi connectivity index (χ1v) is 8.27. The standard InChI is InChI=1S/C19H21N3O3/c1-5-24-19(23)15-12(3)25-18-16(15)17(21-13(4)22-18)20-11(2)14-9-7-6-8-10-14/h6-11H,5H2,1-4H3,(H,20,21,22)/t11-/m1/s1. The number of hydrogen-bond acceptors (Lipinski definition) is 6. The molecule has 0 saturated heterocycles. The van der Waals surface area contributed by atoms with Gasteiger partial charge in [0.15, 0.2) is 0 Å². The fourth-order valence-electron chi connectivity index (χ4n) is 2.80. The molecule has 0 fully saturated rings. The molecular weight excluding hydrogens is 318 g/mol. The molecule has 1 aromatic carbocycles. The zero-order chi connectivity index (χ0) is 18.0. The Morgan fingerprint density at radius 2 is 1.96 bits per heavy atom. The fraction of sp³-hybridized carbons (Fsp3) is 0.316. The van der Waals surface area contributed by atoms with E-state index in [0.29, 0.717) is 40.7 Å². The monoisotopic (exact) mass is 339 g/mol. The Morgan fingerprint density at radius 1 is 1.24 bits per heavy atom. The Balaban J connectivity index is 2.09. The van der Waals surface area contributed by atoms with Gasteiger partial charge in [0.2, 0.25) is 5.71 Å². The van der Waals surface area contributed by atoms with E-state index in [1.807, 2.05) is 37.3 Å². The number of benzene rings is 1. The Bertz CT molecular complexity index is 903. The summed E-state index contributed by atoms with van der Waals surface area (Å²) in [5.41, 5.74) is 1.88. The third kappa shape index (κ3) is 3.33. The third-order valence-corrected chi connectivity index (χ3v) is 3.97. The Labute approximate surface area is 146 Å². The lowest BCUT2D eigenvalue weighted by molar-refractivity contribution is 0.0526. The summed E-state index contributed by atoms with van der Waals surface area (Å²) in [5, 5.41) is 3.93. The molecule has 6 nitrogen and oxygen atoms in total. The molecule has 0 aliphatic carbocycles. The molecule has 130 valence electrons. The summed E-state index contributed by atoms with van der Waals surface area (Å²) in [7, 11) is 0. The van der Waals surface area contributed by atoms with Gasteiger partial charge in [0, 0.05) is 6.04 Å². The summed E-state index contributed by atoms with van der Waals surface area (Å²) < 4.78 is 10.9. The van der Waals surface area contributed by atoms with Crippen LogP contribution in [-0.2, 0) is 4.74 Å². The number of carbonyl (C=O) groups is 1. The zero-order valence-electron chi connectivity index (χ0n) is 14.8.